The summed E-state index contributed by atoms with van der Waals surface area (Å²) < 4.78 is 7.13. The normalized spacial score (nSPS) is 11.7. The van der Waals surface area contributed by atoms with E-state index in [1.165, 1.54) is 11.1 Å². The Bertz CT molecular complexity index is 254. The van der Waals surface area contributed by atoms with Crippen LogP contribution < -0.4 is 0 Å². The van der Waals surface area contributed by atoms with Crippen molar-refractivity contribution in [1.82, 2.24) is 0 Å². The van der Waals surface area contributed by atoms with Crippen LogP contribution in [0, 0.1) is 0 Å². The Labute approximate surface area is 86.6 Å². The predicted molar refractivity (Wildman–Crippen MR) is 60.3 cm³/mol. The SMILES string of the molecule is COC/C(=C/I)c1ccccc1. The second-order valence-electron chi connectivity index (χ2n) is 2.43. The lowest BCUT2D eigenvalue weighted by Crippen LogP contribution is -1.92. The molecular weight excluding hydrogens is 263 g/mol. The monoisotopic (exact) mass is 274 g/mol. The van der Waals surface area contributed by atoms with Gasteiger partial charge >= 0.3 is 0 Å². The van der Waals surface area contributed by atoms with Gasteiger partial charge in [-0.05, 0) is 15.2 Å². The maximum atomic E-state index is 5.08. The number of benzene rings is 1. The van der Waals surface area contributed by atoms with Crippen LogP contribution in [0.15, 0.2) is 34.4 Å². The number of halogens is 1. The molecule has 64 valence electrons. The zero-order chi connectivity index (χ0) is 8.81. The largest absolute Gasteiger partial charge is 0.380 e. The van der Waals surface area contributed by atoms with Crippen LogP contribution in [-0.4, -0.2) is 13.7 Å². The van der Waals surface area contributed by atoms with Gasteiger partial charge in [-0.3, -0.25) is 0 Å². The van der Waals surface area contributed by atoms with E-state index >= 15 is 0 Å². The van der Waals surface area contributed by atoms with Gasteiger partial charge in [0.15, 0.2) is 0 Å². The van der Waals surface area contributed by atoms with Crippen molar-refractivity contribution < 1.29 is 4.74 Å². The van der Waals surface area contributed by atoms with E-state index in [0.717, 1.165) is 0 Å². The highest BCUT2D eigenvalue weighted by atomic mass is 127. The molecule has 0 fully saturated rings. The molecule has 0 heterocycles. The van der Waals surface area contributed by atoms with Crippen LogP contribution in [0.5, 0.6) is 0 Å². The first-order valence-electron chi connectivity index (χ1n) is 3.72. The summed E-state index contributed by atoms with van der Waals surface area (Å²) in [5.41, 5.74) is 2.45. The van der Waals surface area contributed by atoms with Crippen LogP contribution >= 0.6 is 22.6 Å². The van der Waals surface area contributed by atoms with Crippen LogP contribution in [0.25, 0.3) is 5.57 Å². The van der Waals surface area contributed by atoms with Gasteiger partial charge in [-0.1, -0.05) is 52.9 Å². The molecule has 12 heavy (non-hydrogen) atoms. The maximum absolute atomic E-state index is 5.08. The van der Waals surface area contributed by atoms with Gasteiger partial charge in [-0.25, -0.2) is 0 Å². The molecule has 0 aliphatic rings. The Morgan fingerprint density at radius 1 is 1.42 bits per heavy atom. The molecule has 2 heteroatoms. The highest BCUT2D eigenvalue weighted by molar-refractivity contribution is 14.1. The summed E-state index contributed by atoms with van der Waals surface area (Å²) >= 11 is 2.23. The quantitative estimate of drug-likeness (QED) is 0.769. The maximum Gasteiger partial charge on any atom is 0.0723 e. The Morgan fingerprint density at radius 3 is 2.58 bits per heavy atom. The lowest BCUT2D eigenvalue weighted by Gasteiger charge is -2.04. The molecular formula is C10H11IO. The summed E-state index contributed by atoms with van der Waals surface area (Å²) in [6, 6.07) is 10.3. The molecule has 0 bridgehead atoms. The van der Waals surface area contributed by atoms with Crippen molar-refractivity contribution in [3.63, 3.8) is 0 Å². The molecule has 0 aliphatic carbocycles. The van der Waals surface area contributed by atoms with Crippen molar-refractivity contribution in [2.75, 3.05) is 13.7 Å². The third kappa shape index (κ3) is 2.60. The molecule has 0 aromatic heterocycles. The summed E-state index contributed by atoms with van der Waals surface area (Å²) in [7, 11) is 1.71. The zero-order valence-electron chi connectivity index (χ0n) is 6.96. The van der Waals surface area contributed by atoms with E-state index in [0.29, 0.717) is 6.61 Å². The molecule has 0 saturated carbocycles. The molecule has 0 N–H and O–H groups in total. The number of rotatable bonds is 3. The second-order valence-corrected chi connectivity index (χ2v) is 3.06. The Balaban J connectivity index is 2.82. The molecule has 0 saturated heterocycles. The summed E-state index contributed by atoms with van der Waals surface area (Å²) in [6.07, 6.45) is 0. The van der Waals surface area contributed by atoms with Gasteiger partial charge in [0.2, 0.25) is 0 Å². The Kier molecular flexibility index (Phi) is 4.32. The Hall–Kier alpha value is -0.350. The lowest BCUT2D eigenvalue weighted by molar-refractivity contribution is 0.240. The lowest BCUT2D eigenvalue weighted by atomic mass is 10.1. The van der Waals surface area contributed by atoms with Gasteiger partial charge in [-0.15, -0.1) is 0 Å². The summed E-state index contributed by atoms with van der Waals surface area (Å²) in [5.74, 6) is 0. The van der Waals surface area contributed by atoms with Crippen LogP contribution in [0.2, 0.25) is 0 Å². The van der Waals surface area contributed by atoms with E-state index in [1.54, 1.807) is 7.11 Å². The predicted octanol–water partition coefficient (Wildman–Crippen LogP) is 3.11. The fraction of sp³-hybridized carbons (Fsp3) is 0.200. The van der Waals surface area contributed by atoms with Crippen LogP contribution in [0.4, 0.5) is 0 Å². The number of hydrogen-bond donors (Lipinski definition) is 0. The van der Waals surface area contributed by atoms with Gasteiger partial charge in [0, 0.05) is 7.11 Å². The third-order valence-corrected chi connectivity index (χ3v) is 2.33. The van der Waals surface area contributed by atoms with Gasteiger partial charge in [0.05, 0.1) is 6.61 Å². The van der Waals surface area contributed by atoms with Crippen molar-refractivity contribution >= 4 is 28.2 Å². The minimum atomic E-state index is 0.674. The Morgan fingerprint density at radius 2 is 2.08 bits per heavy atom. The highest BCUT2D eigenvalue weighted by Gasteiger charge is 1.97. The molecule has 1 aromatic carbocycles. The van der Waals surface area contributed by atoms with Crippen LogP contribution in [0.1, 0.15) is 5.56 Å². The van der Waals surface area contributed by atoms with Crippen molar-refractivity contribution in [2.45, 2.75) is 0 Å². The number of hydrogen-bond acceptors (Lipinski definition) is 1. The first-order chi connectivity index (χ1) is 5.88. The van der Waals surface area contributed by atoms with Crippen molar-refractivity contribution in [2.24, 2.45) is 0 Å². The van der Waals surface area contributed by atoms with Crippen LogP contribution in [0.3, 0.4) is 0 Å². The van der Waals surface area contributed by atoms with E-state index in [1.807, 2.05) is 18.2 Å². The fourth-order valence-electron chi connectivity index (χ4n) is 0.986. The van der Waals surface area contributed by atoms with Crippen molar-refractivity contribution in [1.29, 1.82) is 0 Å². The van der Waals surface area contributed by atoms with Gasteiger partial charge in [0.1, 0.15) is 0 Å². The van der Waals surface area contributed by atoms with E-state index in [2.05, 4.69) is 38.8 Å². The summed E-state index contributed by atoms with van der Waals surface area (Å²) in [5, 5.41) is 0. The standard InChI is InChI=1S/C10H11IO/c1-12-8-10(7-11)9-5-3-2-4-6-9/h2-7H,8H2,1H3/b10-7-. The molecule has 0 radical (unpaired) electrons. The number of methoxy groups -OCH3 is 1. The van der Waals surface area contributed by atoms with E-state index < -0.39 is 0 Å². The van der Waals surface area contributed by atoms with Gasteiger partial charge < -0.3 is 4.74 Å². The second kappa shape index (κ2) is 5.32. The number of ether oxygens (including phenoxy) is 1. The minimum absolute atomic E-state index is 0.674. The molecule has 0 aliphatic heterocycles. The van der Waals surface area contributed by atoms with E-state index in [4.69, 9.17) is 4.74 Å². The topological polar surface area (TPSA) is 9.23 Å². The molecule has 1 nitrogen and oxygen atoms in total. The molecule has 0 unspecified atom stereocenters. The van der Waals surface area contributed by atoms with Crippen LogP contribution in [-0.2, 0) is 4.74 Å². The third-order valence-electron chi connectivity index (χ3n) is 1.58. The molecule has 0 amide bonds. The molecule has 0 spiro atoms. The van der Waals surface area contributed by atoms with E-state index in [-0.39, 0.29) is 0 Å². The van der Waals surface area contributed by atoms with Crippen molar-refractivity contribution in [3.05, 3.63) is 40.0 Å². The first-order valence-corrected chi connectivity index (χ1v) is 4.96. The van der Waals surface area contributed by atoms with E-state index in [9.17, 15) is 0 Å². The minimum Gasteiger partial charge on any atom is -0.380 e. The molecule has 1 aromatic rings. The van der Waals surface area contributed by atoms with Gasteiger partial charge in [-0.2, -0.15) is 0 Å². The molecule has 1 rings (SSSR count). The van der Waals surface area contributed by atoms with Gasteiger partial charge in [0.25, 0.3) is 0 Å². The first kappa shape index (κ1) is 9.74. The zero-order valence-corrected chi connectivity index (χ0v) is 9.11. The highest BCUT2D eigenvalue weighted by Crippen LogP contribution is 2.15. The smallest absolute Gasteiger partial charge is 0.0723 e. The van der Waals surface area contributed by atoms with Crippen molar-refractivity contribution in [3.8, 4) is 0 Å². The average Bonchev–Trinajstić information content (AvgIpc) is 2.15. The summed E-state index contributed by atoms with van der Waals surface area (Å²) in [6.45, 7) is 0.674. The fourth-order valence-corrected chi connectivity index (χ4v) is 1.52. The average molecular weight is 274 g/mol. The summed E-state index contributed by atoms with van der Waals surface area (Å²) in [4.78, 5) is 0. The molecule has 0 atom stereocenters.